The van der Waals surface area contributed by atoms with Gasteiger partial charge in [-0.2, -0.15) is 0 Å². The van der Waals surface area contributed by atoms with Gasteiger partial charge in [-0.3, -0.25) is 0 Å². The first-order chi connectivity index (χ1) is 8.08. The molecule has 0 aliphatic carbocycles. The van der Waals surface area contributed by atoms with E-state index in [1.54, 1.807) is 6.07 Å². The normalized spacial score (nSPS) is 18.4. The van der Waals surface area contributed by atoms with Crippen molar-refractivity contribution in [3.63, 3.8) is 0 Å². The minimum atomic E-state index is -3.15. The van der Waals surface area contributed by atoms with Crippen molar-refractivity contribution in [3.8, 4) is 0 Å². The summed E-state index contributed by atoms with van der Waals surface area (Å²) in [5.41, 5.74) is 0. The second-order valence-electron chi connectivity index (χ2n) is 4.35. The van der Waals surface area contributed by atoms with Gasteiger partial charge in [0, 0.05) is 10.9 Å². The van der Waals surface area contributed by atoms with Crippen LogP contribution in [-0.4, -0.2) is 33.4 Å². The Labute approximate surface area is 106 Å². The van der Waals surface area contributed by atoms with Crippen LogP contribution in [0.25, 0.3) is 0 Å². The van der Waals surface area contributed by atoms with E-state index < -0.39 is 9.84 Å². The van der Waals surface area contributed by atoms with Gasteiger partial charge >= 0.3 is 0 Å². The Kier molecular flexibility index (Phi) is 4.19. The van der Waals surface area contributed by atoms with E-state index in [0.29, 0.717) is 10.3 Å². The van der Waals surface area contributed by atoms with Gasteiger partial charge in [0.1, 0.15) is 10.1 Å². The average molecular weight is 274 g/mol. The second-order valence-corrected chi connectivity index (χ2v) is 7.86. The Hall–Kier alpha value is -0.430. The fourth-order valence-corrected chi connectivity index (χ4v) is 4.45. The SMILES string of the molecule is Cc1ccc(S(=O)(=O)CNC2CCNCC2)s1. The lowest BCUT2D eigenvalue weighted by Gasteiger charge is -2.23. The molecule has 0 bridgehead atoms. The molecule has 1 aliphatic heterocycles. The summed E-state index contributed by atoms with van der Waals surface area (Å²) in [6, 6.07) is 3.87. The smallest absolute Gasteiger partial charge is 0.200 e. The quantitative estimate of drug-likeness (QED) is 0.864. The summed E-state index contributed by atoms with van der Waals surface area (Å²) in [4.78, 5) is 1.03. The van der Waals surface area contributed by atoms with Crippen molar-refractivity contribution in [2.45, 2.75) is 30.0 Å². The molecule has 1 aliphatic rings. The number of aryl methyl sites for hydroxylation is 1. The Morgan fingerprint density at radius 3 is 2.71 bits per heavy atom. The summed E-state index contributed by atoms with van der Waals surface area (Å²) in [6.07, 6.45) is 2.00. The third-order valence-corrected chi connectivity index (χ3v) is 6.03. The highest BCUT2D eigenvalue weighted by atomic mass is 32.2. The molecule has 0 atom stereocenters. The van der Waals surface area contributed by atoms with Crippen LogP contribution in [-0.2, 0) is 9.84 Å². The molecule has 1 fully saturated rings. The largest absolute Gasteiger partial charge is 0.317 e. The van der Waals surface area contributed by atoms with Gasteiger partial charge in [0.15, 0.2) is 0 Å². The van der Waals surface area contributed by atoms with Gasteiger partial charge in [0.25, 0.3) is 0 Å². The molecule has 96 valence electrons. The molecule has 2 N–H and O–H groups in total. The molecule has 1 aromatic heterocycles. The molecule has 6 heteroatoms. The van der Waals surface area contributed by atoms with E-state index in [1.165, 1.54) is 11.3 Å². The minimum Gasteiger partial charge on any atom is -0.317 e. The van der Waals surface area contributed by atoms with Crippen molar-refractivity contribution in [3.05, 3.63) is 17.0 Å². The van der Waals surface area contributed by atoms with Gasteiger partial charge in [-0.05, 0) is 45.0 Å². The third-order valence-electron chi connectivity index (χ3n) is 2.92. The number of piperidine rings is 1. The van der Waals surface area contributed by atoms with Gasteiger partial charge < -0.3 is 10.6 Å². The van der Waals surface area contributed by atoms with E-state index in [9.17, 15) is 8.42 Å². The number of sulfone groups is 1. The molecular weight excluding hydrogens is 256 g/mol. The molecule has 0 amide bonds. The summed E-state index contributed by atoms with van der Waals surface area (Å²) in [6.45, 7) is 3.86. The van der Waals surface area contributed by atoms with E-state index >= 15 is 0 Å². The molecule has 0 aromatic carbocycles. The van der Waals surface area contributed by atoms with Crippen LogP contribution in [0.4, 0.5) is 0 Å². The van der Waals surface area contributed by atoms with Crippen molar-refractivity contribution >= 4 is 21.2 Å². The molecule has 17 heavy (non-hydrogen) atoms. The minimum absolute atomic E-state index is 0.0532. The summed E-state index contributed by atoms with van der Waals surface area (Å²) < 4.78 is 24.5. The third kappa shape index (κ3) is 3.51. The maximum absolute atomic E-state index is 12.0. The monoisotopic (exact) mass is 274 g/mol. The number of rotatable bonds is 4. The van der Waals surface area contributed by atoms with Crippen LogP contribution in [0.15, 0.2) is 16.3 Å². The number of hydrogen-bond donors (Lipinski definition) is 2. The Morgan fingerprint density at radius 2 is 2.12 bits per heavy atom. The standard InChI is InChI=1S/C11H18N2O2S2/c1-9-2-3-11(16-9)17(14,15)8-13-10-4-6-12-7-5-10/h2-3,10,12-13H,4-8H2,1H3. The van der Waals surface area contributed by atoms with E-state index in [-0.39, 0.29) is 5.88 Å². The second kappa shape index (κ2) is 5.48. The molecule has 4 nitrogen and oxygen atoms in total. The van der Waals surface area contributed by atoms with Crippen molar-refractivity contribution in [1.29, 1.82) is 0 Å². The van der Waals surface area contributed by atoms with Gasteiger partial charge in [0.05, 0.1) is 0 Å². The molecule has 1 aromatic rings. The molecular formula is C11H18N2O2S2. The van der Waals surface area contributed by atoms with Crippen molar-refractivity contribution < 1.29 is 8.42 Å². The van der Waals surface area contributed by atoms with Crippen LogP contribution >= 0.6 is 11.3 Å². The Balaban J connectivity index is 1.93. The number of thiophene rings is 1. The highest BCUT2D eigenvalue weighted by Crippen LogP contribution is 2.21. The topological polar surface area (TPSA) is 58.2 Å². The van der Waals surface area contributed by atoms with Crippen LogP contribution in [0, 0.1) is 6.92 Å². The van der Waals surface area contributed by atoms with E-state index in [0.717, 1.165) is 30.8 Å². The summed E-state index contributed by atoms with van der Waals surface area (Å²) >= 11 is 1.34. The lowest BCUT2D eigenvalue weighted by atomic mass is 10.1. The highest BCUT2D eigenvalue weighted by Gasteiger charge is 2.19. The predicted octanol–water partition coefficient (Wildman–Crippen LogP) is 1.13. The first-order valence-corrected chi connectivity index (χ1v) is 8.28. The predicted molar refractivity (Wildman–Crippen MR) is 70.1 cm³/mol. The zero-order valence-corrected chi connectivity index (χ0v) is 11.5. The van der Waals surface area contributed by atoms with Crippen molar-refractivity contribution in [2.24, 2.45) is 0 Å². The fraction of sp³-hybridized carbons (Fsp3) is 0.636. The van der Waals surface area contributed by atoms with Crippen LogP contribution in [0.1, 0.15) is 17.7 Å². The van der Waals surface area contributed by atoms with Crippen molar-refractivity contribution in [2.75, 3.05) is 19.0 Å². The maximum Gasteiger partial charge on any atom is 0.200 e. The maximum atomic E-state index is 12.0. The lowest BCUT2D eigenvalue weighted by Crippen LogP contribution is -2.41. The Bertz CT molecular complexity index is 462. The first-order valence-electron chi connectivity index (χ1n) is 5.81. The van der Waals surface area contributed by atoms with Crippen molar-refractivity contribution in [1.82, 2.24) is 10.6 Å². The summed E-state index contributed by atoms with van der Waals surface area (Å²) in [5.74, 6) is 0.0532. The fourth-order valence-electron chi connectivity index (χ4n) is 1.90. The summed E-state index contributed by atoms with van der Waals surface area (Å²) in [5, 5.41) is 6.41. The highest BCUT2D eigenvalue weighted by molar-refractivity contribution is 7.93. The molecule has 0 unspecified atom stereocenters. The molecule has 2 heterocycles. The number of nitrogens with one attached hydrogen (secondary N) is 2. The first kappa shape index (κ1) is 13.0. The van der Waals surface area contributed by atoms with Gasteiger partial charge in [0.2, 0.25) is 9.84 Å². The zero-order valence-electron chi connectivity index (χ0n) is 9.90. The molecule has 2 rings (SSSR count). The molecule has 0 spiro atoms. The Morgan fingerprint density at radius 1 is 1.41 bits per heavy atom. The van der Waals surface area contributed by atoms with Crippen LogP contribution < -0.4 is 10.6 Å². The van der Waals surface area contributed by atoms with Crippen LogP contribution in [0.5, 0.6) is 0 Å². The summed E-state index contributed by atoms with van der Waals surface area (Å²) in [7, 11) is -3.15. The zero-order chi connectivity index (χ0) is 12.3. The van der Waals surface area contributed by atoms with Gasteiger partial charge in [-0.1, -0.05) is 0 Å². The lowest BCUT2D eigenvalue weighted by molar-refractivity contribution is 0.402. The van der Waals surface area contributed by atoms with Crippen LogP contribution in [0.3, 0.4) is 0 Å². The van der Waals surface area contributed by atoms with E-state index in [4.69, 9.17) is 0 Å². The molecule has 1 saturated heterocycles. The average Bonchev–Trinajstić information content (AvgIpc) is 2.76. The van der Waals surface area contributed by atoms with E-state index in [1.807, 2.05) is 13.0 Å². The van der Waals surface area contributed by atoms with Crippen LogP contribution in [0.2, 0.25) is 0 Å². The van der Waals surface area contributed by atoms with Gasteiger partial charge in [-0.15, -0.1) is 11.3 Å². The van der Waals surface area contributed by atoms with Gasteiger partial charge in [-0.25, -0.2) is 8.42 Å². The number of hydrogen-bond acceptors (Lipinski definition) is 5. The van der Waals surface area contributed by atoms with E-state index in [2.05, 4.69) is 10.6 Å². The molecule has 0 radical (unpaired) electrons. The molecule has 0 saturated carbocycles.